The predicted molar refractivity (Wildman–Crippen MR) is 45.7 cm³/mol. The van der Waals surface area contributed by atoms with Gasteiger partial charge < -0.3 is 10.1 Å². The Bertz CT molecular complexity index is 151. The van der Waals surface area contributed by atoms with Gasteiger partial charge in [0, 0.05) is 11.8 Å². The molecule has 0 amide bonds. The van der Waals surface area contributed by atoms with Gasteiger partial charge in [-0.05, 0) is 12.7 Å². The average Bonchev–Trinajstić information content (AvgIpc) is 2.50. The zero-order chi connectivity index (χ0) is 8.27. The first kappa shape index (κ1) is 8.87. The van der Waals surface area contributed by atoms with Crippen LogP contribution in [0, 0.1) is 0 Å². The van der Waals surface area contributed by atoms with E-state index in [-0.39, 0.29) is 12.0 Å². The Kier molecular flexibility index (Phi) is 3.20. The number of nitrogens with one attached hydrogen (secondary N) is 1. The summed E-state index contributed by atoms with van der Waals surface area (Å²) in [4.78, 5) is 11.0. The normalized spacial score (nSPS) is 30.4. The highest BCUT2D eigenvalue weighted by Crippen LogP contribution is 2.18. The van der Waals surface area contributed by atoms with Crippen molar-refractivity contribution in [2.24, 2.45) is 0 Å². The fourth-order valence-electron chi connectivity index (χ4n) is 1.20. The van der Waals surface area contributed by atoms with E-state index in [0.29, 0.717) is 5.25 Å². The molecule has 0 radical (unpaired) electrons. The van der Waals surface area contributed by atoms with E-state index in [9.17, 15) is 4.79 Å². The second-order valence-corrected chi connectivity index (χ2v) is 3.72. The van der Waals surface area contributed by atoms with Gasteiger partial charge in [0.05, 0.1) is 7.11 Å². The predicted octanol–water partition coefficient (Wildman–Crippen LogP) is 0.253. The molecule has 0 saturated carbocycles. The molecule has 2 atom stereocenters. The van der Waals surface area contributed by atoms with Gasteiger partial charge in [-0.15, -0.1) is 0 Å². The monoisotopic (exact) mass is 175 g/mol. The van der Waals surface area contributed by atoms with Crippen LogP contribution in [0.15, 0.2) is 0 Å². The maximum absolute atomic E-state index is 11.0. The molecule has 11 heavy (non-hydrogen) atoms. The van der Waals surface area contributed by atoms with Crippen LogP contribution in [0.3, 0.4) is 0 Å². The summed E-state index contributed by atoms with van der Waals surface area (Å²) in [5.41, 5.74) is 0. The molecule has 0 spiro atoms. The lowest BCUT2D eigenvalue weighted by Gasteiger charge is -2.05. The minimum Gasteiger partial charge on any atom is -0.468 e. The Labute approximate surface area is 70.9 Å². The molecule has 1 aliphatic heterocycles. The highest BCUT2D eigenvalue weighted by molar-refractivity contribution is 7.99. The van der Waals surface area contributed by atoms with E-state index in [1.54, 1.807) is 11.8 Å². The zero-order valence-electron chi connectivity index (χ0n) is 6.79. The topological polar surface area (TPSA) is 38.3 Å². The van der Waals surface area contributed by atoms with Crippen molar-refractivity contribution in [2.75, 3.05) is 19.9 Å². The van der Waals surface area contributed by atoms with Crippen LogP contribution in [0.1, 0.15) is 6.42 Å². The minimum absolute atomic E-state index is 0.0718. The number of methoxy groups -OCH3 is 1. The van der Waals surface area contributed by atoms with Crippen LogP contribution in [0.5, 0.6) is 0 Å². The highest BCUT2D eigenvalue weighted by atomic mass is 32.2. The lowest BCUT2D eigenvalue weighted by atomic mass is 10.2. The summed E-state index contributed by atoms with van der Waals surface area (Å²) in [7, 11) is 1.43. The molecule has 0 unspecified atom stereocenters. The van der Waals surface area contributed by atoms with Crippen LogP contribution in [0.2, 0.25) is 0 Å². The van der Waals surface area contributed by atoms with Gasteiger partial charge in [-0.2, -0.15) is 11.8 Å². The maximum atomic E-state index is 11.0. The van der Waals surface area contributed by atoms with E-state index < -0.39 is 0 Å². The highest BCUT2D eigenvalue weighted by Gasteiger charge is 2.29. The van der Waals surface area contributed by atoms with Crippen molar-refractivity contribution < 1.29 is 9.53 Å². The molecule has 1 rings (SSSR count). The average molecular weight is 175 g/mol. The van der Waals surface area contributed by atoms with Crippen molar-refractivity contribution in [1.29, 1.82) is 0 Å². The van der Waals surface area contributed by atoms with Gasteiger partial charge in [0.15, 0.2) is 0 Å². The number of rotatable bonds is 2. The molecular formula is C7H13NO2S. The molecular weight excluding hydrogens is 162 g/mol. The number of thioether (sulfide) groups is 1. The van der Waals surface area contributed by atoms with E-state index >= 15 is 0 Å². The van der Waals surface area contributed by atoms with E-state index in [2.05, 4.69) is 16.3 Å². The lowest BCUT2D eigenvalue weighted by molar-refractivity contribution is -0.142. The molecule has 64 valence electrons. The number of carbonyl (C=O) groups is 1. The third-order valence-electron chi connectivity index (χ3n) is 1.91. The molecule has 1 heterocycles. The van der Waals surface area contributed by atoms with Crippen molar-refractivity contribution in [3.8, 4) is 0 Å². The smallest absolute Gasteiger partial charge is 0.322 e. The Morgan fingerprint density at radius 3 is 2.91 bits per heavy atom. The first-order valence-corrected chi connectivity index (χ1v) is 4.90. The number of hydrogen-bond acceptors (Lipinski definition) is 4. The number of hydrogen-bond donors (Lipinski definition) is 1. The Morgan fingerprint density at radius 2 is 2.45 bits per heavy atom. The standard InChI is InChI=1S/C7H13NO2S/c1-10-7(9)6-3-5(11-2)4-8-6/h5-6,8H,3-4H2,1-2H3/t5-,6-/m0/s1. The van der Waals surface area contributed by atoms with Crippen molar-refractivity contribution in [3.05, 3.63) is 0 Å². The van der Waals surface area contributed by atoms with Gasteiger partial charge in [-0.1, -0.05) is 0 Å². The van der Waals surface area contributed by atoms with E-state index in [1.165, 1.54) is 7.11 Å². The summed E-state index contributed by atoms with van der Waals surface area (Å²) in [6, 6.07) is -0.0718. The van der Waals surface area contributed by atoms with Crippen LogP contribution in [-0.4, -0.2) is 37.2 Å². The second-order valence-electron chi connectivity index (χ2n) is 2.58. The van der Waals surface area contributed by atoms with Crippen LogP contribution < -0.4 is 5.32 Å². The summed E-state index contributed by atoms with van der Waals surface area (Å²) in [5.74, 6) is -0.137. The van der Waals surface area contributed by atoms with Gasteiger partial charge >= 0.3 is 5.97 Å². The molecule has 0 aromatic heterocycles. The van der Waals surface area contributed by atoms with Crippen LogP contribution >= 0.6 is 11.8 Å². The zero-order valence-corrected chi connectivity index (χ0v) is 7.61. The fraction of sp³-hybridized carbons (Fsp3) is 0.857. The molecule has 3 nitrogen and oxygen atoms in total. The fourth-order valence-corrected chi connectivity index (χ4v) is 1.85. The summed E-state index contributed by atoms with van der Waals surface area (Å²) in [6.45, 7) is 0.918. The van der Waals surface area contributed by atoms with Gasteiger partial charge in [0.25, 0.3) is 0 Å². The largest absolute Gasteiger partial charge is 0.468 e. The summed E-state index contributed by atoms with van der Waals surface area (Å²) in [5, 5.41) is 3.68. The maximum Gasteiger partial charge on any atom is 0.322 e. The summed E-state index contributed by atoms with van der Waals surface area (Å²) >= 11 is 1.79. The van der Waals surface area contributed by atoms with E-state index in [1.807, 2.05) is 0 Å². The molecule has 1 saturated heterocycles. The molecule has 1 N–H and O–H groups in total. The molecule has 1 fully saturated rings. The number of ether oxygens (including phenoxy) is 1. The van der Waals surface area contributed by atoms with Crippen LogP contribution in [0.25, 0.3) is 0 Å². The molecule has 1 aliphatic rings. The number of carbonyl (C=O) groups excluding carboxylic acids is 1. The Balaban J connectivity index is 2.35. The van der Waals surface area contributed by atoms with Gasteiger partial charge in [0.2, 0.25) is 0 Å². The van der Waals surface area contributed by atoms with Gasteiger partial charge in [0.1, 0.15) is 6.04 Å². The molecule has 0 aromatic carbocycles. The Morgan fingerprint density at radius 1 is 1.73 bits per heavy atom. The van der Waals surface area contributed by atoms with Gasteiger partial charge in [-0.3, -0.25) is 4.79 Å². The summed E-state index contributed by atoms with van der Waals surface area (Å²) in [6.07, 6.45) is 2.96. The van der Waals surface area contributed by atoms with Crippen molar-refractivity contribution in [2.45, 2.75) is 17.7 Å². The molecule has 4 heteroatoms. The van der Waals surface area contributed by atoms with Crippen LogP contribution in [-0.2, 0) is 9.53 Å². The molecule has 0 aromatic rings. The van der Waals surface area contributed by atoms with E-state index in [4.69, 9.17) is 0 Å². The lowest BCUT2D eigenvalue weighted by Crippen LogP contribution is -2.31. The first-order valence-electron chi connectivity index (χ1n) is 3.62. The molecule has 0 aliphatic carbocycles. The number of esters is 1. The SMILES string of the molecule is COC(=O)[C@@H]1C[C@H](SC)CN1. The van der Waals surface area contributed by atoms with Crippen molar-refractivity contribution in [1.82, 2.24) is 5.32 Å². The van der Waals surface area contributed by atoms with Crippen molar-refractivity contribution >= 4 is 17.7 Å². The van der Waals surface area contributed by atoms with Crippen molar-refractivity contribution in [3.63, 3.8) is 0 Å². The Hall–Kier alpha value is -0.220. The van der Waals surface area contributed by atoms with E-state index in [0.717, 1.165) is 13.0 Å². The first-order chi connectivity index (χ1) is 5.27. The molecule has 0 bridgehead atoms. The third kappa shape index (κ3) is 2.10. The minimum atomic E-state index is -0.137. The quantitative estimate of drug-likeness (QED) is 0.611. The third-order valence-corrected chi connectivity index (χ3v) is 2.94. The van der Waals surface area contributed by atoms with Crippen LogP contribution in [0.4, 0.5) is 0 Å². The second kappa shape index (κ2) is 3.97. The summed E-state index contributed by atoms with van der Waals surface area (Å²) < 4.78 is 4.62. The van der Waals surface area contributed by atoms with Gasteiger partial charge in [-0.25, -0.2) is 0 Å².